The number of hydrogen-bond acceptors (Lipinski definition) is 4. The van der Waals surface area contributed by atoms with Gasteiger partial charge in [0.15, 0.2) is 6.10 Å². The molecule has 0 aromatic heterocycles. The Bertz CT molecular complexity index is 449. The SMILES string of the molecule is CS(C)(=O)=NC(=O)[C@@H]1CCCN1CC(O)C(F)(F)F. The number of carbonyl (C=O) groups excluding carboxylic acids is 1. The van der Waals surface area contributed by atoms with Crippen LogP contribution in [0.4, 0.5) is 13.2 Å². The van der Waals surface area contributed by atoms with Crippen LogP contribution in [0.25, 0.3) is 0 Å². The zero-order chi connectivity index (χ0) is 14.8. The minimum atomic E-state index is -4.71. The van der Waals surface area contributed by atoms with E-state index in [9.17, 15) is 22.2 Å². The van der Waals surface area contributed by atoms with Gasteiger partial charge < -0.3 is 5.11 Å². The van der Waals surface area contributed by atoms with E-state index in [1.54, 1.807) is 0 Å². The summed E-state index contributed by atoms with van der Waals surface area (Å²) in [7, 11) is -2.63. The summed E-state index contributed by atoms with van der Waals surface area (Å²) in [5.41, 5.74) is 0. The lowest BCUT2D eigenvalue weighted by atomic mass is 10.2. The molecule has 1 saturated heterocycles. The Balaban J connectivity index is 2.75. The van der Waals surface area contributed by atoms with Gasteiger partial charge in [0.2, 0.25) is 0 Å². The highest BCUT2D eigenvalue weighted by Gasteiger charge is 2.42. The molecule has 19 heavy (non-hydrogen) atoms. The molecule has 0 aromatic rings. The second-order valence-corrected chi connectivity index (χ2v) is 7.37. The molecule has 1 unspecified atom stereocenters. The summed E-state index contributed by atoms with van der Waals surface area (Å²) in [6.07, 6.45) is -3.72. The van der Waals surface area contributed by atoms with Crippen molar-refractivity contribution in [1.82, 2.24) is 4.90 Å². The first-order valence-electron chi connectivity index (χ1n) is 5.70. The van der Waals surface area contributed by atoms with Gasteiger partial charge in [0.25, 0.3) is 5.91 Å². The van der Waals surface area contributed by atoms with Gasteiger partial charge in [0.05, 0.1) is 6.04 Å². The summed E-state index contributed by atoms with van der Waals surface area (Å²) in [5, 5.41) is 9.01. The quantitative estimate of drug-likeness (QED) is 0.830. The lowest BCUT2D eigenvalue weighted by Crippen LogP contribution is -2.45. The van der Waals surface area contributed by atoms with E-state index in [1.807, 2.05) is 0 Å². The maximum Gasteiger partial charge on any atom is 0.415 e. The third kappa shape index (κ3) is 5.07. The fourth-order valence-electron chi connectivity index (χ4n) is 1.93. The van der Waals surface area contributed by atoms with Gasteiger partial charge in [-0.05, 0) is 19.4 Å². The van der Waals surface area contributed by atoms with E-state index >= 15 is 0 Å². The van der Waals surface area contributed by atoms with E-state index in [0.717, 1.165) is 0 Å². The number of alkyl halides is 3. The zero-order valence-corrected chi connectivity index (χ0v) is 11.5. The maximum absolute atomic E-state index is 12.3. The van der Waals surface area contributed by atoms with Crippen molar-refractivity contribution >= 4 is 15.6 Å². The summed E-state index contributed by atoms with van der Waals surface area (Å²) in [4.78, 5) is 13.0. The van der Waals surface area contributed by atoms with E-state index < -0.39 is 40.5 Å². The maximum atomic E-state index is 12.3. The Morgan fingerprint density at radius 3 is 2.58 bits per heavy atom. The molecule has 0 saturated carbocycles. The molecule has 1 N–H and O–H groups in total. The Morgan fingerprint density at radius 2 is 2.11 bits per heavy atom. The smallest absolute Gasteiger partial charge is 0.382 e. The van der Waals surface area contributed by atoms with Crippen molar-refractivity contribution in [3.05, 3.63) is 0 Å². The van der Waals surface area contributed by atoms with E-state index in [0.29, 0.717) is 12.8 Å². The number of hydrogen-bond donors (Lipinski definition) is 1. The highest BCUT2D eigenvalue weighted by atomic mass is 32.2. The van der Waals surface area contributed by atoms with Crippen molar-refractivity contribution in [3.8, 4) is 0 Å². The minimum Gasteiger partial charge on any atom is -0.382 e. The van der Waals surface area contributed by atoms with Crippen molar-refractivity contribution in [2.24, 2.45) is 4.36 Å². The summed E-state index contributed by atoms with van der Waals surface area (Å²) >= 11 is 0. The molecule has 0 aliphatic carbocycles. The van der Waals surface area contributed by atoms with Crippen LogP contribution in [0.15, 0.2) is 4.36 Å². The second kappa shape index (κ2) is 5.76. The van der Waals surface area contributed by atoms with E-state index in [2.05, 4.69) is 4.36 Å². The first kappa shape index (κ1) is 16.4. The topological polar surface area (TPSA) is 70.0 Å². The minimum absolute atomic E-state index is 0.285. The third-order valence-electron chi connectivity index (χ3n) is 2.74. The average Bonchev–Trinajstić information content (AvgIpc) is 2.61. The van der Waals surface area contributed by atoms with Crippen LogP contribution in [0.1, 0.15) is 12.8 Å². The highest BCUT2D eigenvalue weighted by molar-refractivity contribution is 7.92. The summed E-state index contributed by atoms with van der Waals surface area (Å²) < 4.78 is 51.7. The molecule has 1 fully saturated rings. The number of β-amino-alcohol motifs (C(OH)–C–C–N with tert-alkyl or cyclic N) is 1. The molecule has 112 valence electrons. The number of halogens is 3. The molecular formula is C10H17F3N2O3S. The molecular weight excluding hydrogens is 285 g/mol. The van der Waals surface area contributed by atoms with Crippen LogP contribution >= 0.6 is 0 Å². The van der Waals surface area contributed by atoms with Gasteiger partial charge >= 0.3 is 6.18 Å². The molecule has 9 heteroatoms. The Morgan fingerprint density at radius 1 is 1.53 bits per heavy atom. The molecule has 1 heterocycles. The van der Waals surface area contributed by atoms with Gasteiger partial charge in [0, 0.05) is 28.8 Å². The molecule has 1 aliphatic heterocycles. The zero-order valence-electron chi connectivity index (χ0n) is 10.7. The standard InChI is InChI=1S/C10H17F3N2O3S/c1-19(2,18)14-9(17)7-4-3-5-15(7)6-8(16)10(11,12)13/h7-8,16H,3-6H2,1-2H3/t7-,8?/m0/s1. The van der Waals surface area contributed by atoms with Crippen LogP contribution in [-0.4, -0.2) is 64.0 Å². The number of aliphatic hydroxyl groups is 1. The fourth-order valence-corrected chi connectivity index (χ4v) is 2.48. The van der Waals surface area contributed by atoms with Crippen molar-refractivity contribution in [3.63, 3.8) is 0 Å². The molecule has 0 aromatic carbocycles. The van der Waals surface area contributed by atoms with Crippen molar-refractivity contribution in [2.75, 3.05) is 25.6 Å². The summed E-state index contributed by atoms with van der Waals surface area (Å²) in [5.74, 6) is -0.679. The van der Waals surface area contributed by atoms with E-state index in [1.165, 1.54) is 17.4 Å². The van der Waals surface area contributed by atoms with E-state index in [4.69, 9.17) is 5.11 Å². The third-order valence-corrected chi connectivity index (χ3v) is 3.36. The number of rotatable bonds is 3. The Labute approximate surface area is 110 Å². The summed E-state index contributed by atoms with van der Waals surface area (Å²) in [6, 6.07) is -0.822. The molecule has 0 spiro atoms. The van der Waals surface area contributed by atoms with Crippen molar-refractivity contribution < 1.29 is 27.3 Å². The normalized spacial score (nSPS) is 23.4. The largest absolute Gasteiger partial charge is 0.415 e. The lowest BCUT2D eigenvalue weighted by molar-refractivity contribution is -0.208. The summed E-state index contributed by atoms with van der Waals surface area (Å²) in [6.45, 7) is -0.377. The van der Waals surface area contributed by atoms with Crippen LogP contribution in [0.5, 0.6) is 0 Å². The van der Waals surface area contributed by atoms with Crippen LogP contribution in [-0.2, 0) is 14.5 Å². The van der Waals surface area contributed by atoms with Crippen LogP contribution in [0.2, 0.25) is 0 Å². The van der Waals surface area contributed by atoms with Gasteiger partial charge in [0.1, 0.15) is 0 Å². The second-order valence-electron chi connectivity index (χ2n) is 4.82. The lowest BCUT2D eigenvalue weighted by Gasteiger charge is -2.25. The van der Waals surface area contributed by atoms with E-state index in [-0.39, 0.29) is 6.54 Å². The van der Waals surface area contributed by atoms with Gasteiger partial charge in [-0.15, -0.1) is 0 Å². The first-order chi connectivity index (χ1) is 8.50. The van der Waals surface area contributed by atoms with Crippen molar-refractivity contribution in [1.29, 1.82) is 0 Å². The first-order valence-corrected chi connectivity index (χ1v) is 8.03. The molecule has 0 radical (unpaired) electrons. The van der Waals surface area contributed by atoms with Gasteiger partial charge in [-0.2, -0.15) is 17.5 Å². The van der Waals surface area contributed by atoms with Crippen LogP contribution in [0, 0.1) is 0 Å². The number of carbonyl (C=O) groups is 1. The highest BCUT2D eigenvalue weighted by Crippen LogP contribution is 2.25. The molecule has 1 aliphatic rings. The molecule has 2 atom stereocenters. The Kier molecular flexibility index (Phi) is 4.97. The van der Waals surface area contributed by atoms with Crippen LogP contribution in [0.3, 0.4) is 0 Å². The Hall–Kier alpha value is -0.670. The number of nitrogens with zero attached hydrogens (tertiary/aromatic N) is 2. The average molecular weight is 302 g/mol. The number of likely N-dealkylation sites (tertiary alicyclic amines) is 1. The van der Waals surface area contributed by atoms with Crippen molar-refractivity contribution in [2.45, 2.75) is 31.2 Å². The number of amides is 1. The van der Waals surface area contributed by atoms with Gasteiger partial charge in [-0.3, -0.25) is 9.69 Å². The number of aliphatic hydroxyl groups excluding tert-OH is 1. The van der Waals surface area contributed by atoms with Gasteiger partial charge in [-0.1, -0.05) is 0 Å². The predicted molar refractivity (Wildman–Crippen MR) is 64.1 cm³/mol. The molecule has 0 bridgehead atoms. The monoisotopic (exact) mass is 302 g/mol. The molecule has 5 nitrogen and oxygen atoms in total. The fraction of sp³-hybridized carbons (Fsp3) is 0.900. The molecule has 1 amide bonds. The van der Waals surface area contributed by atoms with Crippen LogP contribution < -0.4 is 0 Å². The van der Waals surface area contributed by atoms with Gasteiger partial charge in [-0.25, -0.2) is 4.21 Å². The molecule has 1 rings (SSSR count). The predicted octanol–water partition coefficient (Wildman–Crippen LogP) is 0.628.